The fraction of sp³-hybridized carbons (Fsp3) is 0.188. The minimum absolute atomic E-state index is 0.0567. The van der Waals surface area contributed by atoms with Gasteiger partial charge in [0.2, 0.25) is 0 Å². The normalized spacial score (nSPS) is 11.9. The van der Waals surface area contributed by atoms with Crippen LogP contribution in [0.5, 0.6) is 11.5 Å². The average Bonchev–Trinajstić information content (AvgIpc) is 2.82. The minimum Gasteiger partial charge on any atom is -0.508 e. The van der Waals surface area contributed by atoms with Gasteiger partial charge in [-0.2, -0.15) is 5.10 Å². The fourth-order valence-corrected chi connectivity index (χ4v) is 3.27. The lowest BCUT2D eigenvalue weighted by molar-refractivity contribution is 0.459. The van der Waals surface area contributed by atoms with Crippen LogP contribution in [0.4, 0.5) is 5.82 Å². The lowest BCUT2D eigenvalue weighted by atomic mass is 10.1. The van der Waals surface area contributed by atoms with Gasteiger partial charge in [0.1, 0.15) is 22.7 Å². The highest BCUT2D eigenvalue weighted by atomic mass is 32.1. The molecular weight excluding hydrogens is 312 g/mol. The van der Waals surface area contributed by atoms with Gasteiger partial charge in [-0.05, 0) is 44.5 Å². The van der Waals surface area contributed by atoms with Crippen LogP contribution in [0.3, 0.4) is 0 Å². The van der Waals surface area contributed by atoms with Gasteiger partial charge in [-0.15, -0.1) is 11.3 Å². The molecule has 7 heteroatoms. The number of hydrogen-bond acceptors (Lipinski definition) is 7. The predicted molar refractivity (Wildman–Crippen MR) is 92.5 cm³/mol. The number of hydrazone groups is 1. The van der Waals surface area contributed by atoms with Gasteiger partial charge in [-0.1, -0.05) is 0 Å². The summed E-state index contributed by atoms with van der Waals surface area (Å²) in [6, 6.07) is 4.31. The molecule has 0 radical (unpaired) electrons. The molecule has 3 aromatic rings. The number of hydrogen-bond donors (Lipinski definition) is 3. The molecule has 0 fully saturated rings. The Morgan fingerprint density at radius 3 is 2.78 bits per heavy atom. The first-order valence-corrected chi connectivity index (χ1v) is 7.82. The summed E-state index contributed by atoms with van der Waals surface area (Å²) in [4.78, 5) is 10.6. The maximum atomic E-state index is 9.88. The molecule has 0 amide bonds. The van der Waals surface area contributed by atoms with Crippen molar-refractivity contribution in [3.05, 3.63) is 40.5 Å². The van der Waals surface area contributed by atoms with Crippen molar-refractivity contribution in [2.24, 2.45) is 5.10 Å². The Balaban J connectivity index is 1.98. The molecule has 0 atom stereocenters. The van der Waals surface area contributed by atoms with Crippen LogP contribution < -0.4 is 5.43 Å². The van der Waals surface area contributed by atoms with E-state index in [2.05, 4.69) is 20.5 Å². The van der Waals surface area contributed by atoms with Crippen molar-refractivity contribution < 1.29 is 10.2 Å². The highest BCUT2D eigenvalue weighted by Gasteiger charge is 2.12. The zero-order valence-corrected chi connectivity index (χ0v) is 13.8. The van der Waals surface area contributed by atoms with Crippen LogP contribution in [0.25, 0.3) is 10.2 Å². The molecule has 3 N–H and O–H groups in total. The highest BCUT2D eigenvalue weighted by Crippen LogP contribution is 2.32. The summed E-state index contributed by atoms with van der Waals surface area (Å²) in [5.74, 6) is 0.748. The number of thiophene rings is 1. The number of nitrogens with one attached hydrogen (secondary N) is 1. The third-order valence-electron chi connectivity index (χ3n) is 3.66. The molecule has 0 saturated heterocycles. The summed E-state index contributed by atoms with van der Waals surface area (Å²) < 4.78 is 0. The summed E-state index contributed by atoms with van der Waals surface area (Å²) in [5, 5.41) is 24.7. The number of nitrogens with zero attached hydrogens (tertiary/aromatic N) is 3. The van der Waals surface area contributed by atoms with E-state index in [1.807, 2.05) is 13.8 Å². The summed E-state index contributed by atoms with van der Waals surface area (Å²) >= 11 is 1.62. The number of aromatic hydroxyl groups is 2. The second-order valence-corrected chi connectivity index (χ2v) is 6.40. The average molecular weight is 328 g/mol. The van der Waals surface area contributed by atoms with Crippen LogP contribution in [-0.4, -0.2) is 25.9 Å². The van der Waals surface area contributed by atoms with Gasteiger partial charge < -0.3 is 10.2 Å². The second kappa shape index (κ2) is 5.85. The van der Waals surface area contributed by atoms with Crippen molar-refractivity contribution in [1.82, 2.24) is 9.97 Å². The van der Waals surface area contributed by atoms with Crippen LogP contribution in [-0.2, 0) is 0 Å². The van der Waals surface area contributed by atoms with Crippen LogP contribution in [0.15, 0.2) is 29.6 Å². The Kier molecular flexibility index (Phi) is 3.87. The Hall–Kier alpha value is -2.67. The van der Waals surface area contributed by atoms with E-state index in [4.69, 9.17) is 0 Å². The summed E-state index contributed by atoms with van der Waals surface area (Å²) in [6.45, 7) is 5.82. The number of phenols is 2. The number of aryl methyl sites for hydroxylation is 2. The van der Waals surface area contributed by atoms with Crippen molar-refractivity contribution in [3.8, 4) is 11.5 Å². The SMILES string of the molecule is C/C(=N/Nc1ncnc2sc(C)c(C)c12)c1cc(O)ccc1O. The van der Waals surface area contributed by atoms with Gasteiger partial charge in [0.05, 0.1) is 11.1 Å². The maximum absolute atomic E-state index is 9.88. The molecule has 0 unspecified atom stereocenters. The molecule has 0 saturated carbocycles. The lowest BCUT2D eigenvalue weighted by Crippen LogP contribution is -2.02. The first-order valence-electron chi connectivity index (χ1n) is 7.00. The highest BCUT2D eigenvalue weighted by molar-refractivity contribution is 7.18. The number of benzene rings is 1. The van der Waals surface area contributed by atoms with Crippen molar-refractivity contribution in [1.29, 1.82) is 0 Å². The third kappa shape index (κ3) is 2.83. The summed E-state index contributed by atoms with van der Waals surface area (Å²) in [7, 11) is 0. The van der Waals surface area contributed by atoms with Gasteiger partial charge in [0, 0.05) is 10.4 Å². The standard InChI is InChI=1S/C16H16N4O2S/c1-8-10(3)23-16-14(8)15(17-7-18-16)20-19-9(2)12-6-11(21)4-5-13(12)22/h4-7,21-22H,1-3H3,(H,17,18,20)/b19-9-. The molecule has 1 aromatic carbocycles. The molecule has 0 aliphatic heterocycles. The number of aromatic nitrogens is 2. The van der Waals surface area contributed by atoms with E-state index in [0.29, 0.717) is 17.1 Å². The van der Waals surface area contributed by atoms with E-state index in [0.717, 1.165) is 15.8 Å². The van der Waals surface area contributed by atoms with Crippen LogP contribution in [0.1, 0.15) is 22.9 Å². The zero-order valence-electron chi connectivity index (χ0n) is 13.0. The van der Waals surface area contributed by atoms with Gasteiger partial charge in [0.25, 0.3) is 0 Å². The molecule has 0 aliphatic carbocycles. The minimum atomic E-state index is 0.0567. The van der Waals surface area contributed by atoms with Crippen LogP contribution in [0.2, 0.25) is 0 Å². The topological polar surface area (TPSA) is 90.6 Å². The number of anilines is 1. The van der Waals surface area contributed by atoms with Crippen LogP contribution in [0, 0.1) is 13.8 Å². The molecule has 2 aromatic heterocycles. The Morgan fingerprint density at radius 1 is 1.22 bits per heavy atom. The molecule has 3 rings (SSSR count). The maximum Gasteiger partial charge on any atom is 0.158 e. The Bertz CT molecular complexity index is 918. The smallest absolute Gasteiger partial charge is 0.158 e. The van der Waals surface area contributed by atoms with E-state index < -0.39 is 0 Å². The predicted octanol–water partition coefficient (Wildman–Crippen LogP) is 3.56. The fourth-order valence-electron chi connectivity index (χ4n) is 2.28. The molecule has 6 nitrogen and oxygen atoms in total. The molecular formula is C16H16N4O2S. The first kappa shape index (κ1) is 15.2. The second-order valence-electron chi connectivity index (χ2n) is 5.20. The Morgan fingerprint density at radius 2 is 2.00 bits per heavy atom. The van der Waals surface area contributed by atoms with Gasteiger partial charge >= 0.3 is 0 Å². The summed E-state index contributed by atoms with van der Waals surface area (Å²) in [5.41, 5.74) is 5.06. The molecule has 0 bridgehead atoms. The van der Waals surface area contributed by atoms with E-state index >= 15 is 0 Å². The van der Waals surface area contributed by atoms with E-state index in [-0.39, 0.29) is 11.5 Å². The van der Waals surface area contributed by atoms with Gasteiger partial charge in [-0.3, -0.25) is 5.43 Å². The van der Waals surface area contributed by atoms with E-state index in [1.54, 1.807) is 18.3 Å². The number of fused-ring (bicyclic) bond motifs is 1. The number of phenolic OH excluding ortho intramolecular Hbond substituents is 2. The number of rotatable bonds is 3. The molecule has 118 valence electrons. The van der Waals surface area contributed by atoms with E-state index in [9.17, 15) is 10.2 Å². The van der Waals surface area contributed by atoms with Gasteiger partial charge in [0.15, 0.2) is 5.82 Å². The molecule has 0 aliphatic rings. The summed E-state index contributed by atoms with van der Waals surface area (Å²) in [6.07, 6.45) is 1.50. The third-order valence-corrected chi connectivity index (χ3v) is 4.78. The molecule has 2 heterocycles. The van der Waals surface area contributed by atoms with Crippen molar-refractivity contribution >= 4 is 33.1 Å². The zero-order chi connectivity index (χ0) is 16.6. The molecule has 23 heavy (non-hydrogen) atoms. The first-order chi connectivity index (χ1) is 11.0. The van der Waals surface area contributed by atoms with Crippen molar-refractivity contribution in [2.45, 2.75) is 20.8 Å². The van der Waals surface area contributed by atoms with Crippen molar-refractivity contribution in [3.63, 3.8) is 0 Å². The van der Waals surface area contributed by atoms with Crippen LogP contribution >= 0.6 is 11.3 Å². The van der Waals surface area contributed by atoms with E-state index in [1.165, 1.54) is 29.4 Å². The van der Waals surface area contributed by atoms with Gasteiger partial charge in [-0.25, -0.2) is 9.97 Å². The Labute approximate surface area is 137 Å². The largest absolute Gasteiger partial charge is 0.508 e. The molecule has 0 spiro atoms. The monoisotopic (exact) mass is 328 g/mol. The lowest BCUT2D eigenvalue weighted by Gasteiger charge is -2.07. The quantitative estimate of drug-likeness (QED) is 0.388. The van der Waals surface area contributed by atoms with Crippen molar-refractivity contribution in [2.75, 3.05) is 5.43 Å².